The van der Waals surface area contributed by atoms with Crippen LogP contribution in [0.2, 0.25) is 0 Å². The van der Waals surface area contributed by atoms with Crippen LogP contribution in [0.1, 0.15) is 19.3 Å². The molecule has 0 aliphatic rings. The lowest BCUT2D eigenvalue weighted by atomic mass is 10.2. The van der Waals surface area contributed by atoms with Crippen molar-refractivity contribution in [3.63, 3.8) is 0 Å². The summed E-state index contributed by atoms with van der Waals surface area (Å²) < 4.78 is 0. The Labute approximate surface area is 82.6 Å². The Bertz CT molecular complexity index is 196. The molecule has 0 saturated carbocycles. The van der Waals surface area contributed by atoms with Crippen LogP contribution in [0.5, 0.6) is 0 Å². The van der Waals surface area contributed by atoms with Crippen molar-refractivity contribution in [1.82, 2.24) is 5.32 Å². The molecule has 0 rings (SSSR count). The molecule has 0 bridgehead atoms. The zero-order valence-electron chi connectivity index (χ0n) is 8.03. The molecule has 1 amide bonds. The summed E-state index contributed by atoms with van der Waals surface area (Å²) in [5.41, 5.74) is 10.4. The maximum absolute atomic E-state index is 11.0. The van der Waals surface area contributed by atoms with E-state index < -0.39 is 12.0 Å². The van der Waals surface area contributed by atoms with Crippen molar-refractivity contribution in [2.24, 2.45) is 11.5 Å². The van der Waals surface area contributed by atoms with Crippen LogP contribution in [0.3, 0.4) is 0 Å². The molecule has 1 atom stereocenters. The van der Waals surface area contributed by atoms with E-state index in [0.717, 1.165) is 0 Å². The van der Waals surface area contributed by atoms with E-state index in [2.05, 4.69) is 5.32 Å². The first-order valence-corrected chi connectivity index (χ1v) is 4.53. The normalized spacial score (nSPS) is 12.1. The van der Waals surface area contributed by atoms with Gasteiger partial charge in [0.15, 0.2) is 0 Å². The van der Waals surface area contributed by atoms with E-state index in [-0.39, 0.29) is 18.9 Å². The summed E-state index contributed by atoms with van der Waals surface area (Å²) in [6.07, 6.45) is 1.25. The van der Waals surface area contributed by atoms with E-state index in [1.54, 1.807) is 0 Å². The maximum Gasteiger partial charge on any atom is 0.320 e. The van der Waals surface area contributed by atoms with Crippen molar-refractivity contribution in [3.8, 4) is 0 Å². The zero-order valence-corrected chi connectivity index (χ0v) is 8.03. The SMILES string of the molecule is NCCCC(=O)NCC[C@H](N)C(=O)O. The van der Waals surface area contributed by atoms with Crippen LogP contribution in [-0.2, 0) is 9.59 Å². The predicted octanol–water partition coefficient (Wildman–Crippen LogP) is -1.36. The third kappa shape index (κ3) is 6.38. The van der Waals surface area contributed by atoms with Crippen LogP contribution in [0.4, 0.5) is 0 Å². The largest absolute Gasteiger partial charge is 0.480 e. The fourth-order valence-electron chi connectivity index (χ4n) is 0.842. The molecular formula is C8H17N3O3. The number of amides is 1. The van der Waals surface area contributed by atoms with E-state index >= 15 is 0 Å². The maximum atomic E-state index is 11.0. The van der Waals surface area contributed by atoms with Crippen molar-refractivity contribution in [1.29, 1.82) is 0 Å². The van der Waals surface area contributed by atoms with Crippen LogP contribution in [0.15, 0.2) is 0 Å². The molecule has 0 saturated heterocycles. The van der Waals surface area contributed by atoms with Crippen LogP contribution in [0, 0.1) is 0 Å². The Morgan fingerprint density at radius 3 is 2.57 bits per heavy atom. The molecule has 0 aliphatic carbocycles. The average molecular weight is 203 g/mol. The molecular weight excluding hydrogens is 186 g/mol. The summed E-state index contributed by atoms with van der Waals surface area (Å²) in [6.45, 7) is 0.763. The van der Waals surface area contributed by atoms with Crippen molar-refractivity contribution in [2.45, 2.75) is 25.3 Å². The second kappa shape index (κ2) is 7.28. The topological polar surface area (TPSA) is 118 Å². The van der Waals surface area contributed by atoms with Gasteiger partial charge < -0.3 is 21.9 Å². The monoisotopic (exact) mass is 203 g/mol. The molecule has 0 spiro atoms. The second-order valence-corrected chi connectivity index (χ2v) is 2.98. The predicted molar refractivity (Wildman–Crippen MR) is 51.5 cm³/mol. The Balaban J connectivity index is 3.44. The van der Waals surface area contributed by atoms with Gasteiger partial charge in [-0.15, -0.1) is 0 Å². The van der Waals surface area contributed by atoms with E-state index in [9.17, 15) is 9.59 Å². The van der Waals surface area contributed by atoms with Gasteiger partial charge in [0, 0.05) is 13.0 Å². The lowest BCUT2D eigenvalue weighted by molar-refractivity contribution is -0.138. The molecule has 0 unspecified atom stereocenters. The van der Waals surface area contributed by atoms with E-state index in [0.29, 0.717) is 19.4 Å². The minimum Gasteiger partial charge on any atom is -0.480 e. The highest BCUT2D eigenvalue weighted by Crippen LogP contribution is 1.89. The molecule has 0 radical (unpaired) electrons. The third-order valence-electron chi connectivity index (χ3n) is 1.70. The van der Waals surface area contributed by atoms with Crippen molar-refractivity contribution in [2.75, 3.05) is 13.1 Å². The summed E-state index contributed by atoms with van der Waals surface area (Å²) in [5.74, 6) is -1.17. The molecule has 6 nitrogen and oxygen atoms in total. The number of rotatable bonds is 7. The van der Waals surface area contributed by atoms with Crippen LogP contribution < -0.4 is 16.8 Å². The molecule has 0 aromatic heterocycles. The number of nitrogens with one attached hydrogen (secondary N) is 1. The standard InChI is InChI=1S/C8H17N3O3/c9-4-1-2-7(12)11-5-3-6(10)8(13)14/h6H,1-5,9-10H2,(H,11,12)(H,13,14)/t6-/m0/s1. The Morgan fingerprint density at radius 2 is 2.07 bits per heavy atom. The van der Waals surface area contributed by atoms with Gasteiger partial charge in [0.25, 0.3) is 0 Å². The van der Waals surface area contributed by atoms with Crippen molar-refractivity contribution < 1.29 is 14.7 Å². The molecule has 14 heavy (non-hydrogen) atoms. The van der Waals surface area contributed by atoms with Crippen LogP contribution in [0.25, 0.3) is 0 Å². The van der Waals surface area contributed by atoms with Gasteiger partial charge in [-0.1, -0.05) is 0 Å². The minimum atomic E-state index is -1.05. The molecule has 0 aliphatic heterocycles. The zero-order chi connectivity index (χ0) is 11.0. The lowest BCUT2D eigenvalue weighted by Gasteiger charge is -2.07. The highest BCUT2D eigenvalue weighted by Gasteiger charge is 2.10. The highest BCUT2D eigenvalue weighted by atomic mass is 16.4. The summed E-state index contributed by atoms with van der Waals surface area (Å²) in [5, 5.41) is 11.0. The highest BCUT2D eigenvalue weighted by molar-refractivity contribution is 5.76. The van der Waals surface area contributed by atoms with Crippen molar-refractivity contribution >= 4 is 11.9 Å². The number of carbonyl (C=O) groups excluding carboxylic acids is 1. The quantitative estimate of drug-likeness (QED) is 0.407. The van der Waals surface area contributed by atoms with Gasteiger partial charge in [0.2, 0.25) is 5.91 Å². The van der Waals surface area contributed by atoms with Gasteiger partial charge in [-0.3, -0.25) is 9.59 Å². The molecule has 0 aromatic carbocycles. The van der Waals surface area contributed by atoms with Crippen molar-refractivity contribution in [3.05, 3.63) is 0 Å². The van der Waals surface area contributed by atoms with Gasteiger partial charge in [-0.2, -0.15) is 0 Å². The first-order chi connectivity index (χ1) is 6.57. The molecule has 0 heterocycles. The molecule has 82 valence electrons. The van der Waals surface area contributed by atoms with Gasteiger partial charge >= 0.3 is 5.97 Å². The molecule has 0 aromatic rings. The van der Waals surface area contributed by atoms with Gasteiger partial charge in [-0.25, -0.2) is 0 Å². The number of hydrogen-bond acceptors (Lipinski definition) is 4. The van der Waals surface area contributed by atoms with E-state index in [1.807, 2.05) is 0 Å². The van der Waals surface area contributed by atoms with Gasteiger partial charge in [0.05, 0.1) is 0 Å². The van der Waals surface area contributed by atoms with Crippen LogP contribution in [-0.4, -0.2) is 36.1 Å². The number of carboxylic acid groups (broad SMARTS) is 1. The summed E-state index contributed by atoms with van der Waals surface area (Å²) in [7, 11) is 0. The second-order valence-electron chi connectivity index (χ2n) is 2.98. The Morgan fingerprint density at radius 1 is 1.43 bits per heavy atom. The summed E-state index contributed by atoms with van der Waals surface area (Å²) in [6, 6.07) is -0.912. The van der Waals surface area contributed by atoms with Gasteiger partial charge in [0.1, 0.15) is 6.04 Å². The van der Waals surface area contributed by atoms with E-state index in [4.69, 9.17) is 16.6 Å². The number of hydrogen-bond donors (Lipinski definition) is 4. The first kappa shape index (κ1) is 12.9. The molecule has 0 fully saturated rings. The summed E-state index contributed by atoms with van der Waals surface area (Å²) >= 11 is 0. The van der Waals surface area contributed by atoms with Gasteiger partial charge in [-0.05, 0) is 19.4 Å². The third-order valence-corrected chi connectivity index (χ3v) is 1.70. The Kier molecular flexibility index (Phi) is 6.69. The molecule has 6 heteroatoms. The fraction of sp³-hybridized carbons (Fsp3) is 0.750. The smallest absolute Gasteiger partial charge is 0.320 e. The average Bonchev–Trinajstić information content (AvgIpc) is 2.14. The minimum absolute atomic E-state index is 0.118. The number of aliphatic carboxylic acids is 1. The number of carbonyl (C=O) groups is 2. The van der Waals surface area contributed by atoms with E-state index in [1.165, 1.54) is 0 Å². The number of nitrogens with two attached hydrogens (primary N) is 2. The lowest BCUT2D eigenvalue weighted by Crippen LogP contribution is -2.35. The Hall–Kier alpha value is -1.14. The summed E-state index contributed by atoms with van der Waals surface area (Å²) in [4.78, 5) is 21.3. The molecule has 6 N–H and O–H groups in total. The number of carboxylic acids is 1. The van der Waals surface area contributed by atoms with Crippen LogP contribution >= 0.6 is 0 Å². The fourth-order valence-corrected chi connectivity index (χ4v) is 0.842. The first-order valence-electron chi connectivity index (χ1n) is 4.53.